The van der Waals surface area contributed by atoms with Crippen molar-refractivity contribution in [2.24, 2.45) is 0 Å². The number of aromatic nitrogens is 1. The summed E-state index contributed by atoms with van der Waals surface area (Å²) in [5, 5.41) is 6.39. The highest BCUT2D eigenvalue weighted by atomic mass is 32.2. The molecule has 0 radical (unpaired) electrons. The Morgan fingerprint density at radius 2 is 1.79 bits per heavy atom. The zero-order valence-electron chi connectivity index (χ0n) is 19.2. The minimum absolute atomic E-state index is 0.0314. The summed E-state index contributed by atoms with van der Waals surface area (Å²) < 4.78 is 41.4. The van der Waals surface area contributed by atoms with Crippen LogP contribution in [0.15, 0.2) is 57.9 Å². The molecule has 180 valence electrons. The van der Waals surface area contributed by atoms with E-state index in [9.17, 15) is 18.0 Å². The van der Waals surface area contributed by atoms with Crippen LogP contribution >= 0.6 is 0 Å². The number of nitrogens with zero attached hydrogens (tertiary/aromatic N) is 2. The molecule has 0 spiro atoms. The fraction of sp³-hybridized carbons (Fsp3) is 0.261. The molecule has 0 unspecified atom stereocenters. The van der Waals surface area contributed by atoms with Gasteiger partial charge in [0.1, 0.15) is 18.1 Å². The van der Waals surface area contributed by atoms with Crippen molar-refractivity contribution in [3.05, 3.63) is 71.1 Å². The van der Waals surface area contributed by atoms with E-state index in [1.807, 2.05) is 6.92 Å². The summed E-state index contributed by atoms with van der Waals surface area (Å²) in [7, 11) is -0.815. The van der Waals surface area contributed by atoms with E-state index in [2.05, 4.69) is 10.5 Å². The van der Waals surface area contributed by atoms with E-state index in [1.54, 1.807) is 19.1 Å². The van der Waals surface area contributed by atoms with Gasteiger partial charge in [0.25, 0.3) is 5.91 Å². The van der Waals surface area contributed by atoms with Gasteiger partial charge in [0, 0.05) is 19.8 Å². The van der Waals surface area contributed by atoms with Crippen molar-refractivity contribution in [1.82, 2.24) is 9.46 Å². The van der Waals surface area contributed by atoms with Gasteiger partial charge in [-0.3, -0.25) is 4.79 Å². The molecule has 1 aromatic heterocycles. The van der Waals surface area contributed by atoms with Crippen LogP contribution in [0.4, 0.5) is 5.69 Å². The Kier molecular flexibility index (Phi) is 7.69. The minimum Gasteiger partial charge on any atom is -0.489 e. The Balaban J connectivity index is 1.52. The molecule has 0 bridgehead atoms. The second-order valence-corrected chi connectivity index (χ2v) is 9.71. The molecule has 1 N–H and O–H groups in total. The summed E-state index contributed by atoms with van der Waals surface area (Å²) in [5.41, 5.74) is 2.13. The van der Waals surface area contributed by atoms with Gasteiger partial charge >= 0.3 is 5.97 Å². The first-order chi connectivity index (χ1) is 16.1. The van der Waals surface area contributed by atoms with Crippen LogP contribution in [0.5, 0.6) is 5.75 Å². The maximum absolute atomic E-state index is 12.3. The first kappa shape index (κ1) is 24.9. The lowest BCUT2D eigenvalue weighted by atomic mass is 10.2. The van der Waals surface area contributed by atoms with Crippen LogP contribution in [-0.2, 0) is 26.2 Å². The van der Waals surface area contributed by atoms with E-state index >= 15 is 0 Å². The van der Waals surface area contributed by atoms with Crippen LogP contribution in [-0.4, -0.2) is 50.5 Å². The van der Waals surface area contributed by atoms with Gasteiger partial charge in [-0.2, -0.15) is 0 Å². The predicted molar refractivity (Wildman–Crippen MR) is 123 cm³/mol. The van der Waals surface area contributed by atoms with Crippen LogP contribution in [0.2, 0.25) is 0 Å². The number of ether oxygens (including phenoxy) is 2. The van der Waals surface area contributed by atoms with Crippen molar-refractivity contribution in [1.29, 1.82) is 0 Å². The first-order valence-electron chi connectivity index (χ1n) is 10.2. The van der Waals surface area contributed by atoms with Gasteiger partial charge in [-0.15, -0.1) is 0 Å². The second-order valence-electron chi connectivity index (χ2n) is 7.56. The zero-order chi connectivity index (χ0) is 24.9. The average molecular weight is 488 g/mol. The Morgan fingerprint density at radius 3 is 2.41 bits per heavy atom. The van der Waals surface area contributed by atoms with Gasteiger partial charge in [-0.25, -0.2) is 17.5 Å². The van der Waals surface area contributed by atoms with Gasteiger partial charge in [0.05, 0.1) is 21.7 Å². The SMILES string of the molecule is Cc1noc(C)c1COc1ccc(C(=O)OCC(=O)Nc2cccc(S(=O)(=O)N(C)C)c2)cc1. The minimum atomic E-state index is -3.64. The fourth-order valence-electron chi connectivity index (χ4n) is 2.91. The number of aryl methyl sites for hydroxylation is 2. The number of carbonyl (C=O) groups is 2. The fourth-order valence-corrected chi connectivity index (χ4v) is 3.86. The number of anilines is 1. The topological polar surface area (TPSA) is 128 Å². The van der Waals surface area contributed by atoms with Gasteiger partial charge in [0.2, 0.25) is 10.0 Å². The van der Waals surface area contributed by atoms with E-state index in [0.717, 1.165) is 15.6 Å². The molecule has 0 aliphatic heterocycles. The van der Waals surface area contributed by atoms with Crippen molar-refractivity contribution in [2.45, 2.75) is 25.3 Å². The molecule has 3 aromatic rings. The molecule has 0 aliphatic carbocycles. The quantitative estimate of drug-likeness (QED) is 0.456. The van der Waals surface area contributed by atoms with E-state index in [1.165, 1.54) is 50.5 Å². The molecule has 0 atom stereocenters. The number of benzene rings is 2. The number of amides is 1. The molecule has 0 aliphatic rings. The lowest BCUT2D eigenvalue weighted by molar-refractivity contribution is -0.119. The molecule has 1 amide bonds. The second kappa shape index (κ2) is 10.5. The maximum atomic E-state index is 12.3. The summed E-state index contributed by atoms with van der Waals surface area (Å²) in [5.74, 6) is -0.0626. The van der Waals surface area contributed by atoms with Crippen molar-refractivity contribution in [3.8, 4) is 5.75 Å². The lowest BCUT2D eigenvalue weighted by Crippen LogP contribution is -2.23. The molecule has 0 fully saturated rings. The number of sulfonamides is 1. The summed E-state index contributed by atoms with van der Waals surface area (Å²) >= 11 is 0. The average Bonchev–Trinajstić information content (AvgIpc) is 3.13. The molecular weight excluding hydrogens is 462 g/mol. The van der Waals surface area contributed by atoms with E-state index < -0.39 is 28.5 Å². The molecule has 10 nitrogen and oxygen atoms in total. The van der Waals surface area contributed by atoms with Crippen LogP contribution in [0, 0.1) is 13.8 Å². The van der Waals surface area contributed by atoms with Crippen LogP contribution in [0.1, 0.15) is 27.4 Å². The van der Waals surface area contributed by atoms with E-state index in [0.29, 0.717) is 11.5 Å². The first-order valence-corrected chi connectivity index (χ1v) is 11.7. The largest absolute Gasteiger partial charge is 0.489 e. The highest BCUT2D eigenvalue weighted by Crippen LogP contribution is 2.19. The Labute approximate surface area is 197 Å². The smallest absolute Gasteiger partial charge is 0.338 e. The van der Waals surface area contributed by atoms with Crippen LogP contribution in [0.25, 0.3) is 0 Å². The van der Waals surface area contributed by atoms with Crippen molar-refractivity contribution in [3.63, 3.8) is 0 Å². The Morgan fingerprint density at radius 1 is 1.09 bits per heavy atom. The van der Waals surface area contributed by atoms with Crippen LogP contribution in [0.3, 0.4) is 0 Å². The summed E-state index contributed by atoms with van der Waals surface area (Å²) in [6, 6.07) is 12.1. The Hall–Kier alpha value is -3.70. The van der Waals surface area contributed by atoms with E-state index in [4.69, 9.17) is 14.0 Å². The van der Waals surface area contributed by atoms with Gasteiger partial charge < -0.3 is 19.3 Å². The third-order valence-electron chi connectivity index (χ3n) is 4.89. The molecule has 34 heavy (non-hydrogen) atoms. The van der Waals surface area contributed by atoms with E-state index in [-0.39, 0.29) is 22.8 Å². The van der Waals surface area contributed by atoms with Gasteiger partial charge in [-0.05, 0) is 56.3 Å². The van der Waals surface area contributed by atoms with Gasteiger partial charge in [0.15, 0.2) is 6.61 Å². The third kappa shape index (κ3) is 6.00. The number of hydrogen-bond acceptors (Lipinski definition) is 8. The number of carbonyl (C=O) groups excluding carboxylic acids is 2. The molecule has 0 saturated carbocycles. The summed E-state index contributed by atoms with van der Waals surface area (Å²) in [6.45, 7) is 3.37. The third-order valence-corrected chi connectivity index (χ3v) is 6.70. The van der Waals surface area contributed by atoms with Crippen molar-refractivity contribution in [2.75, 3.05) is 26.0 Å². The zero-order valence-corrected chi connectivity index (χ0v) is 20.0. The highest BCUT2D eigenvalue weighted by Gasteiger charge is 2.18. The molecule has 3 rings (SSSR count). The molecular formula is C23H25N3O7S. The number of nitrogens with one attached hydrogen (secondary N) is 1. The Bertz CT molecular complexity index is 1260. The monoisotopic (exact) mass is 487 g/mol. The predicted octanol–water partition coefficient (Wildman–Crippen LogP) is 2.92. The van der Waals surface area contributed by atoms with Crippen molar-refractivity contribution < 1.29 is 32.0 Å². The standard InChI is InChI=1S/C23H25N3O7S/c1-15-21(16(2)33-25-15)13-31-19-10-8-17(9-11-19)23(28)32-14-22(27)24-18-6-5-7-20(12-18)34(29,30)26(3)4/h5-12H,13-14H2,1-4H3,(H,24,27). The number of esters is 1. The molecule has 1 heterocycles. The van der Waals surface area contributed by atoms with Gasteiger partial charge in [-0.1, -0.05) is 11.2 Å². The molecule has 2 aromatic carbocycles. The summed E-state index contributed by atoms with van der Waals surface area (Å²) in [6.07, 6.45) is 0. The lowest BCUT2D eigenvalue weighted by Gasteiger charge is -2.12. The normalized spacial score (nSPS) is 11.3. The summed E-state index contributed by atoms with van der Waals surface area (Å²) in [4.78, 5) is 24.5. The van der Waals surface area contributed by atoms with Crippen molar-refractivity contribution >= 4 is 27.6 Å². The highest BCUT2D eigenvalue weighted by molar-refractivity contribution is 7.89. The molecule has 0 saturated heterocycles. The molecule has 11 heteroatoms. The number of hydrogen-bond donors (Lipinski definition) is 1. The maximum Gasteiger partial charge on any atom is 0.338 e. The van der Waals surface area contributed by atoms with Crippen LogP contribution < -0.4 is 10.1 Å². The number of rotatable bonds is 9.